The van der Waals surface area contributed by atoms with Crippen LogP contribution in [0.3, 0.4) is 0 Å². The van der Waals surface area contributed by atoms with Crippen LogP contribution in [-0.4, -0.2) is 23.1 Å². The first-order chi connectivity index (χ1) is 10.8. The molecule has 0 radical (unpaired) electrons. The minimum Gasteiger partial charge on any atom is -0.335 e. The molecule has 3 rings (SSSR count). The number of thiophene rings is 1. The van der Waals surface area contributed by atoms with Crippen molar-refractivity contribution in [2.45, 2.75) is 31.7 Å². The van der Waals surface area contributed by atoms with E-state index in [0.717, 1.165) is 19.4 Å². The number of hydrogen-bond donors (Lipinski definition) is 0. The summed E-state index contributed by atoms with van der Waals surface area (Å²) in [6.45, 7) is 0.806. The number of amides is 1. The molecule has 4 heteroatoms. The van der Waals surface area contributed by atoms with Gasteiger partial charge in [0.15, 0.2) is 5.78 Å². The van der Waals surface area contributed by atoms with Crippen LogP contribution in [0, 0.1) is 0 Å². The molecule has 1 aliphatic rings. The van der Waals surface area contributed by atoms with E-state index >= 15 is 0 Å². The summed E-state index contributed by atoms with van der Waals surface area (Å²) in [6, 6.07) is 13.5. The van der Waals surface area contributed by atoms with Gasteiger partial charge in [0.2, 0.25) is 5.91 Å². The van der Waals surface area contributed by atoms with Gasteiger partial charge >= 0.3 is 0 Å². The van der Waals surface area contributed by atoms with E-state index in [-0.39, 0.29) is 24.2 Å². The summed E-state index contributed by atoms with van der Waals surface area (Å²) in [5, 5.41) is 2.05. The van der Waals surface area contributed by atoms with Crippen LogP contribution in [0.25, 0.3) is 0 Å². The molecular formula is C18H19NO2S. The summed E-state index contributed by atoms with van der Waals surface area (Å²) in [5.74, 6) is 0.140. The number of rotatable bonds is 5. The van der Waals surface area contributed by atoms with Gasteiger partial charge < -0.3 is 4.90 Å². The van der Waals surface area contributed by atoms with Crippen molar-refractivity contribution >= 4 is 23.0 Å². The van der Waals surface area contributed by atoms with Crippen molar-refractivity contribution in [1.82, 2.24) is 4.90 Å². The summed E-state index contributed by atoms with van der Waals surface area (Å²) in [7, 11) is 0. The van der Waals surface area contributed by atoms with E-state index in [1.807, 2.05) is 29.2 Å². The van der Waals surface area contributed by atoms with Gasteiger partial charge in [-0.3, -0.25) is 9.59 Å². The molecule has 1 saturated heterocycles. The highest BCUT2D eigenvalue weighted by molar-refractivity contribution is 7.10. The summed E-state index contributed by atoms with van der Waals surface area (Å²) >= 11 is 1.70. The first kappa shape index (κ1) is 15.0. The summed E-state index contributed by atoms with van der Waals surface area (Å²) in [4.78, 5) is 27.8. The van der Waals surface area contributed by atoms with Gasteiger partial charge in [-0.15, -0.1) is 11.3 Å². The number of hydrogen-bond acceptors (Lipinski definition) is 3. The Bertz CT molecular complexity index is 636. The van der Waals surface area contributed by atoms with Gasteiger partial charge in [0.1, 0.15) is 0 Å². The zero-order chi connectivity index (χ0) is 15.4. The maximum absolute atomic E-state index is 12.5. The number of Topliss-reactive ketones (excluding diaryl/α,β-unsaturated/α-hetero) is 1. The van der Waals surface area contributed by atoms with E-state index in [0.29, 0.717) is 12.0 Å². The van der Waals surface area contributed by atoms with Crippen LogP contribution in [0.5, 0.6) is 0 Å². The lowest BCUT2D eigenvalue weighted by Crippen LogP contribution is -2.30. The summed E-state index contributed by atoms with van der Waals surface area (Å²) in [5.41, 5.74) is 0.687. The largest absolute Gasteiger partial charge is 0.335 e. The predicted octanol–water partition coefficient (Wildman–Crippen LogP) is 4.07. The molecule has 0 saturated carbocycles. The third-order valence-electron chi connectivity index (χ3n) is 4.11. The Morgan fingerprint density at radius 1 is 1.09 bits per heavy atom. The fourth-order valence-corrected chi connectivity index (χ4v) is 3.85. The second-order valence-electron chi connectivity index (χ2n) is 5.55. The predicted molar refractivity (Wildman–Crippen MR) is 88.0 cm³/mol. The van der Waals surface area contributed by atoms with Crippen LogP contribution >= 0.6 is 11.3 Å². The molecule has 2 aromatic rings. The second kappa shape index (κ2) is 6.88. The van der Waals surface area contributed by atoms with Gasteiger partial charge in [-0.25, -0.2) is 0 Å². The average Bonchev–Trinajstić information content (AvgIpc) is 3.23. The number of carbonyl (C=O) groups excluding carboxylic acids is 2. The smallest absolute Gasteiger partial charge is 0.223 e. The molecule has 1 atom stereocenters. The normalized spacial score (nSPS) is 17.6. The van der Waals surface area contributed by atoms with Crippen LogP contribution in [0.4, 0.5) is 0 Å². The van der Waals surface area contributed by atoms with E-state index in [1.165, 1.54) is 4.88 Å². The zero-order valence-corrected chi connectivity index (χ0v) is 13.2. The molecule has 0 aliphatic carbocycles. The van der Waals surface area contributed by atoms with Gasteiger partial charge in [-0.2, -0.15) is 0 Å². The van der Waals surface area contributed by atoms with Crippen molar-refractivity contribution in [1.29, 1.82) is 0 Å². The van der Waals surface area contributed by atoms with Crippen LogP contribution < -0.4 is 0 Å². The molecule has 3 nitrogen and oxygen atoms in total. The highest BCUT2D eigenvalue weighted by atomic mass is 32.1. The molecular weight excluding hydrogens is 294 g/mol. The van der Waals surface area contributed by atoms with Crippen LogP contribution in [0.15, 0.2) is 47.8 Å². The van der Waals surface area contributed by atoms with E-state index in [2.05, 4.69) is 11.4 Å². The number of ketones is 1. The van der Waals surface area contributed by atoms with Gasteiger partial charge in [-0.05, 0) is 24.3 Å². The van der Waals surface area contributed by atoms with Gasteiger partial charge in [-0.1, -0.05) is 36.4 Å². The second-order valence-corrected chi connectivity index (χ2v) is 6.53. The van der Waals surface area contributed by atoms with Gasteiger partial charge in [0.05, 0.1) is 6.04 Å². The maximum atomic E-state index is 12.5. The van der Waals surface area contributed by atoms with Crippen molar-refractivity contribution in [3.63, 3.8) is 0 Å². The monoisotopic (exact) mass is 313 g/mol. The number of benzene rings is 1. The molecule has 1 aliphatic heterocycles. The van der Waals surface area contributed by atoms with Crippen LogP contribution in [0.1, 0.15) is 47.0 Å². The van der Waals surface area contributed by atoms with Crippen molar-refractivity contribution < 1.29 is 9.59 Å². The average molecular weight is 313 g/mol. The van der Waals surface area contributed by atoms with Crippen LogP contribution in [0.2, 0.25) is 0 Å². The molecule has 1 aromatic heterocycles. The Kier molecular flexibility index (Phi) is 4.68. The van der Waals surface area contributed by atoms with E-state index in [4.69, 9.17) is 0 Å². The minimum atomic E-state index is 0.0424. The minimum absolute atomic E-state index is 0.0424. The van der Waals surface area contributed by atoms with E-state index < -0.39 is 0 Å². The quantitative estimate of drug-likeness (QED) is 0.780. The molecule has 114 valence electrons. The molecule has 22 heavy (non-hydrogen) atoms. The SMILES string of the molecule is O=C(CCC(=O)N1CCCC1c1cccs1)c1ccccc1. The highest BCUT2D eigenvalue weighted by Crippen LogP contribution is 2.34. The Balaban J connectivity index is 1.59. The third kappa shape index (κ3) is 3.28. The molecule has 1 unspecified atom stereocenters. The lowest BCUT2D eigenvalue weighted by molar-refractivity contribution is -0.132. The molecule has 2 heterocycles. The van der Waals surface area contributed by atoms with Crippen molar-refractivity contribution in [3.8, 4) is 0 Å². The van der Waals surface area contributed by atoms with Gasteiger partial charge in [0.25, 0.3) is 0 Å². The van der Waals surface area contributed by atoms with Gasteiger partial charge in [0, 0.05) is 29.8 Å². The fraction of sp³-hybridized carbons (Fsp3) is 0.333. The first-order valence-corrected chi connectivity index (χ1v) is 8.55. The molecule has 0 N–H and O–H groups in total. The molecule has 1 aromatic carbocycles. The Labute approximate surface area is 134 Å². The zero-order valence-electron chi connectivity index (χ0n) is 12.4. The molecule has 0 spiro atoms. The van der Waals surface area contributed by atoms with Crippen molar-refractivity contribution in [3.05, 3.63) is 58.3 Å². The van der Waals surface area contributed by atoms with Crippen molar-refractivity contribution in [2.75, 3.05) is 6.54 Å². The highest BCUT2D eigenvalue weighted by Gasteiger charge is 2.30. The van der Waals surface area contributed by atoms with E-state index in [9.17, 15) is 9.59 Å². The summed E-state index contributed by atoms with van der Waals surface area (Å²) in [6.07, 6.45) is 2.66. The molecule has 1 fully saturated rings. The fourth-order valence-electron chi connectivity index (χ4n) is 2.97. The summed E-state index contributed by atoms with van der Waals surface area (Å²) < 4.78 is 0. The lowest BCUT2D eigenvalue weighted by Gasteiger charge is -2.23. The number of carbonyl (C=O) groups is 2. The lowest BCUT2D eigenvalue weighted by atomic mass is 10.1. The Hall–Kier alpha value is -1.94. The van der Waals surface area contributed by atoms with E-state index in [1.54, 1.807) is 23.5 Å². The Morgan fingerprint density at radius 3 is 2.64 bits per heavy atom. The molecule has 0 bridgehead atoms. The van der Waals surface area contributed by atoms with Crippen LogP contribution in [-0.2, 0) is 4.79 Å². The standard InChI is InChI=1S/C18H19NO2S/c20-16(14-6-2-1-3-7-14)10-11-18(21)19-12-4-8-15(19)17-9-5-13-22-17/h1-3,5-7,9,13,15H,4,8,10-12H2. The topological polar surface area (TPSA) is 37.4 Å². The third-order valence-corrected chi connectivity index (χ3v) is 5.08. The number of likely N-dealkylation sites (tertiary alicyclic amines) is 1. The molecule has 1 amide bonds. The maximum Gasteiger partial charge on any atom is 0.223 e. The number of nitrogens with zero attached hydrogens (tertiary/aromatic N) is 1. The first-order valence-electron chi connectivity index (χ1n) is 7.67. The Morgan fingerprint density at radius 2 is 1.91 bits per heavy atom. The van der Waals surface area contributed by atoms with Crippen molar-refractivity contribution in [2.24, 2.45) is 0 Å².